The fourth-order valence-corrected chi connectivity index (χ4v) is 6.92. The second-order valence-electron chi connectivity index (χ2n) is 10.9. The van der Waals surface area contributed by atoms with Gasteiger partial charge in [0.05, 0.1) is 0 Å². The highest BCUT2D eigenvalue weighted by molar-refractivity contribution is 6.73. The van der Waals surface area contributed by atoms with E-state index in [9.17, 15) is 4.79 Å². The first-order valence-corrected chi connectivity index (χ1v) is 18.1. The number of carbonyl (C=O) groups is 1. The first-order chi connectivity index (χ1) is 19.6. The summed E-state index contributed by atoms with van der Waals surface area (Å²) in [7, 11) is -3.50. The van der Waals surface area contributed by atoms with Gasteiger partial charge in [0, 0.05) is 19.8 Å². The number of benzene rings is 1. The Balaban J connectivity index is 2.86. The standard InChI is InChI=1S/C34H60O5Si/c1-5-8-11-14-17-23-28-37-40(38-29-24-18-15-12-9-6-2,39-30-25-19-16-13-10-7-3)32(4)34(35)36-31-33-26-21-20-22-27-33/h20-22,26-27H,4-19,23-25,28-31H2,1-3H3. The zero-order valence-electron chi connectivity index (χ0n) is 26.2. The van der Waals surface area contributed by atoms with Gasteiger partial charge in [-0.25, -0.2) is 4.79 Å². The fraction of sp³-hybridized carbons (Fsp3) is 0.735. The number of hydrogen-bond acceptors (Lipinski definition) is 5. The van der Waals surface area contributed by atoms with E-state index in [1.807, 2.05) is 30.3 Å². The van der Waals surface area contributed by atoms with Crippen LogP contribution in [0.25, 0.3) is 0 Å². The van der Waals surface area contributed by atoms with Crippen molar-refractivity contribution in [2.24, 2.45) is 0 Å². The molecule has 0 aliphatic rings. The average molecular weight is 577 g/mol. The van der Waals surface area contributed by atoms with Gasteiger partial charge >= 0.3 is 14.8 Å². The van der Waals surface area contributed by atoms with Gasteiger partial charge in [-0.05, 0) is 24.8 Å². The molecule has 0 heterocycles. The van der Waals surface area contributed by atoms with Gasteiger partial charge in [-0.2, -0.15) is 0 Å². The highest BCUT2D eigenvalue weighted by Gasteiger charge is 2.49. The van der Waals surface area contributed by atoms with E-state index in [4.69, 9.17) is 18.0 Å². The van der Waals surface area contributed by atoms with Crippen LogP contribution < -0.4 is 0 Å². The number of carbonyl (C=O) groups excluding carboxylic acids is 1. The van der Waals surface area contributed by atoms with Gasteiger partial charge in [-0.1, -0.05) is 154 Å². The smallest absolute Gasteiger partial charge is 0.458 e. The summed E-state index contributed by atoms with van der Waals surface area (Å²) in [6.07, 6.45) is 20.9. The van der Waals surface area contributed by atoms with Gasteiger partial charge in [-0.3, -0.25) is 0 Å². The molecule has 1 rings (SSSR count). The molecular weight excluding hydrogens is 516 g/mol. The number of ether oxygens (including phenoxy) is 1. The van der Waals surface area contributed by atoms with Crippen LogP contribution >= 0.6 is 0 Å². The van der Waals surface area contributed by atoms with E-state index in [1.54, 1.807) is 0 Å². The molecular formula is C34H60O5Si. The zero-order valence-corrected chi connectivity index (χ0v) is 27.2. The average Bonchev–Trinajstić information content (AvgIpc) is 2.98. The molecule has 230 valence electrons. The quantitative estimate of drug-likeness (QED) is 0.0430. The monoisotopic (exact) mass is 576 g/mol. The van der Waals surface area contributed by atoms with Crippen LogP contribution in [0, 0.1) is 0 Å². The topological polar surface area (TPSA) is 54.0 Å². The van der Waals surface area contributed by atoms with Crippen molar-refractivity contribution in [3.8, 4) is 0 Å². The van der Waals surface area contributed by atoms with E-state index < -0.39 is 14.8 Å². The first-order valence-electron chi connectivity index (χ1n) is 16.4. The van der Waals surface area contributed by atoms with Gasteiger partial charge in [0.25, 0.3) is 0 Å². The molecule has 0 fully saturated rings. The van der Waals surface area contributed by atoms with Crippen LogP contribution in [0.1, 0.15) is 142 Å². The molecule has 0 unspecified atom stereocenters. The van der Waals surface area contributed by atoms with Crippen molar-refractivity contribution >= 4 is 14.8 Å². The van der Waals surface area contributed by atoms with Gasteiger partial charge in [0.15, 0.2) is 0 Å². The van der Waals surface area contributed by atoms with Crippen molar-refractivity contribution in [1.82, 2.24) is 0 Å². The molecule has 5 nitrogen and oxygen atoms in total. The fourth-order valence-electron chi connectivity index (χ4n) is 4.59. The summed E-state index contributed by atoms with van der Waals surface area (Å²) >= 11 is 0. The largest absolute Gasteiger partial charge is 0.544 e. The number of unbranched alkanes of at least 4 members (excludes halogenated alkanes) is 15. The van der Waals surface area contributed by atoms with Gasteiger partial charge in [0.2, 0.25) is 0 Å². The van der Waals surface area contributed by atoms with Crippen LogP contribution in [-0.2, 0) is 29.4 Å². The third-order valence-electron chi connectivity index (χ3n) is 7.20. The molecule has 1 aromatic carbocycles. The third kappa shape index (κ3) is 17.4. The summed E-state index contributed by atoms with van der Waals surface area (Å²) in [5.41, 5.74) is 0.935. The Hall–Kier alpha value is -1.47. The van der Waals surface area contributed by atoms with Crippen LogP contribution in [0.5, 0.6) is 0 Å². The summed E-state index contributed by atoms with van der Waals surface area (Å²) in [4.78, 5) is 13.3. The van der Waals surface area contributed by atoms with Crippen molar-refractivity contribution in [3.05, 3.63) is 47.7 Å². The molecule has 6 heteroatoms. The lowest BCUT2D eigenvalue weighted by molar-refractivity contribution is -0.140. The molecule has 40 heavy (non-hydrogen) atoms. The second kappa shape index (κ2) is 25.3. The predicted octanol–water partition coefficient (Wildman–Crippen LogP) is 9.90. The van der Waals surface area contributed by atoms with E-state index in [2.05, 4.69) is 27.4 Å². The van der Waals surface area contributed by atoms with Gasteiger partial charge in [-0.15, -0.1) is 0 Å². The van der Waals surface area contributed by atoms with Gasteiger partial charge < -0.3 is 18.0 Å². The van der Waals surface area contributed by atoms with Crippen LogP contribution in [0.4, 0.5) is 0 Å². The van der Waals surface area contributed by atoms with E-state index in [1.165, 1.54) is 77.0 Å². The minimum Gasteiger partial charge on any atom is -0.458 e. The summed E-state index contributed by atoms with van der Waals surface area (Å²) in [5, 5.41) is 0.228. The maximum absolute atomic E-state index is 13.3. The number of rotatable bonds is 28. The van der Waals surface area contributed by atoms with E-state index in [-0.39, 0.29) is 11.8 Å². The Kier molecular flexibility index (Phi) is 23.1. The van der Waals surface area contributed by atoms with Crippen LogP contribution in [0.15, 0.2) is 42.1 Å². The summed E-state index contributed by atoms with van der Waals surface area (Å²) in [6.45, 7) is 12.6. The highest BCUT2D eigenvalue weighted by Crippen LogP contribution is 2.24. The SMILES string of the molecule is C=C(C(=O)OCc1ccccc1)[Si](OCCCCCCCC)(OCCCCCCCC)OCCCCCCCC. The molecule has 0 bridgehead atoms. The Morgan fingerprint density at radius 3 is 1.38 bits per heavy atom. The molecule has 0 N–H and O–H groups in total. The predicted molar refractivity (Wildman–Crippen MR) is 169 cm³/mol. The van der Waals surface area contributed by atoms with E-state index >= 15 is 0 Å². The maximum Gasteiger partial charge on any atom is 0.544 e. The molecule has 0 saturated carbocycles. The van der Waals surface area contributed by atoms with Crippen LogP contribution in [-0.4, -0.2) is 34.6 Å². The normalized spacial score (nSPS) is 11.6. The summed E-state index contributed by atoms with van der Waals surface area (Å²) in [5.74, 6) is -0.482. The van der Waals surface area contributed by atoms with Crippen molar-refractivity contribution < 1.29 is 22.8 Å². The molecule has 0 aromatic heterocycles. The third-order valence-corrected chi connectivity index (χ3v) is 9.89. The molecule has 0 spiro atoms. The second-order valence-corrected chi connectivity index (χ2v) is 13.5. The van der Waals surface area contributed by atoms with Crippen molar-refractivity contribution in [2.75, 3.05) is 19.8 Å². The lowest BCUT2D eigenvalue weighted by Crippen LogP contribution is -2.51. The summed E-state index contributed by atoms with van der Waals surface area (Å²) < 4.78 is 25.0. The van der Waals surface area contributed by atoms with E-state index in [0.717, 1.165) is 44.1 Å². The Bertz CT molecular complexity index is 694. The minimum atomic E-state index is -3.50. The highest BCUT2D eigenvalue weighted by atomic mass is 28.4. The first kappa shape index (κ1) is 36.6. The number of hydrogen-bond donors (Lipinski definition) is 0. The lowest BCUT2D eigenvalue weighted by Gasteiger charge is -2.30. The van der Waals surface area contributed by atoms with E-state index in [0.29, 0.717) is 19.8 Å². The molecule has 0 radical (unpaired) electrons. The summed E-state index contributed by atoms with van der Waals surface area (Å²) in [6, 6.07) is 9.71. The molecule has 0 aliphatic carbocycles. The number of esters is 1. The lowest BCUT2D eigenvalue weighted by atomic mass is 10.1. The molecule has 0 saturated heterocycles. The van der Waals surface area contributed by atoms with Crippen LogP contribution in [0.3, 0.4) is 0 Å². The molecule has 0 amide bonds. The Morgan fingerprint density at radius 1 is 0.600 bits per heavy atom. The van der Waals surface area contributed by atoms with Crippen LogP contribution in [0.2, 0.25) is 0 Å². The Labute approximate surface area is 247 Å². The Morgan fingerprint density at radius 2 is 0.975 bits per heavy atom. The van der Waals surface area contributed by atoms with Gasteiger partial charge in [0.1, 0.15) is 11.8 Å². The van der Waals surface area contributed by atoms with Crippen molar-refractivity contribution in [1.29, 1.82) is 0 Å². The maximum atomic E-state index is 13.3. The minimum absolute atomic E-state index is 0.190. The van der Waals surface area contributed by atoms with Crippen molar-refractivity contribution in [2.45, 2.75) is 143 Å². The molecule has 1 aromatic rings. The molecule has 0 atom stereocenters. The van der Waals surface area contributed by atoms with Crippen molar-refractivity contribution in [3.63, 3.8) is 0 Å². The zero-order chi connectivity index (χ0) is 29.2. The molecule has 0 aliphatic heterocycles.